The van der Waals surface area contributed by atoms with Gasteiger partial charge < -0.3 is 9.15 Å². The van der Waals surface area contributed by atoms with Gasteiger partial charge in [-0.15, -0.1) is 0 Å². The van der Waals surface area contributed by atoms with Crippen molar-refractivity contribution in [2.24, 2.45) is 0 Å². The summed E-state index contributed by atoms with van der Waals surface area (Å²) in [5.74, 6) is 2.68. The van der Waals surface area contributed by atoms with Crippen LogP contribution in [0.15, 0.2) is 180 Å². The second-order valence-corrected chi connectivity index (χ2v) is 14.4. The van der Waals surface area contributed by atoms with Crippen LogP contribution in [0.2, 0.25) is 0 Å². The molecule has 9 aromatic rings. The molecule has 1 aliphatic heterocycles. The fraction of sp³-hybridized carbons (Fsp3) is 0.0600. The third kappa shape index (κ3) is 4.90. The van der Waals surface area contributed by atoms with Gasteiger partial charge in [0.25, 0.3) is 0 Å². The van der Waals surface area contributed by atoms with Crippen LogP contribution in [0.5, 0.6) is 5.75 Å². The fourth-order valence-electron chi connectivity index (χ4n) is 8.57. The normalized spacial score (nSPS) is 17.3. The predicted molar refractivity (Wildman–Crippen MR) is 222 cm³/mol. The van der Waals surface area contributed by atoms with Gasteiger partial charge in [0.2, 0.25) is 0 Å². The molecule has 0 saturated heterocycles. The van der Waals surface area contributed by atoms with Crippen LogP contribution in [0.4, 0.5) is 0 Å². The highest BCUT2D eigenvalue weighted by Crippen LogP contribution is 2.52. The van der Waals surface area contributed by atoms with E-state index in [1.165, 1.54) is 16.3 Å². The number of nitrogens with zero attached hydrogens (tertiary/aromatic N) is 3. The van der Waals surface area contributed by atoms with Crippen molar-refractivity contribution < 1.29 is 9.15 Å². The molecule has 0 amide bonds. The molecule has 2 unspecified atom stereocenters. The topological polar surface area (TPSA) is 61.0 Å². The van der Waals surface area contributed by atoms with Crippen molar-refractivity contribution in [3.8, 4) is 50.8 Å². The van der Waals surface area contributed by atoms with E-state index in [1.54, 1.807) is 0 Å². The Labute approximate surface area is 317 Å². The second kappa shape index (κ2) is 12.2. The van der Waals surface area contributed by atoms with Crippen LogP contribution in [-0.2, 0) is 5.41 Å². The fourth-order valence-corrected chi connectivity index (χ4v) is 8.57. The molecule has 260 valence electrons. The zero-order valence-corrected chi connectivity index (χ0v) is 30.0. The molecule has 3 heterocycles. The first-order valence-electron chi connectivity index (χ1n) is 18.6. The van der Waals surface area contributed by atoms with Crippen LogP contribution in [0.3, 0.4) is 0 Å². The number of hydrogen-bond acceptors (Lipinski definition) is 5. The van der Waals surface area contributed by atoms with Crippen LogP contribution >= 0.6 is 0 Å². The molecule has 2 aliphatic rings. The first-order valence-corrected chi connectivity index (χ1v) is 18.6. The van der Waals surface area contributed by atoms with Gasteiger partial charge in [-0.25, -0.2) is 15.0 Å². The molecule has 11 rings (SSSR count). The average molecular weight is 708 g/mol. The van der Waals surface area contributed by atoms with Crippen molar-refractivity contribution in [2.45, 2.75) is 18.4 Å². The lowest BCUT2D eigenvalue weighted by Crippen LogP contribution is -2.37. The van der Waals surface area contributed by atoms with E-state index in [4.69, 9.17) is 24.1 Å². The summed E-state index contributed by atoms with van der Waals surface area (Å²) in [6.07, 6.45) is 6.13. The van der Waals surface area contributed by atoms with Crippen LogP contribution < -0.4 is 4.74 Å². The van der Waals surface area contributed by atoms with Crippen molar-refractivity contribution in [2.75, 3.05) is 0 Å². The first-order chi connectivity index (χ1) is 27.1. The van der Waals surface area contributed by atoms with E-state index < -0.39 is 5.41 Å². The summed E-state index contributed by atoms with van der Waals surface area (Å²) in [6, 6.07) is 54.6. The lowest BCUT2D eigenvalue weighted by molar-refractivity contribution is 0.232. The van der Waals surface area contributed by atoms with Gasteiger partial charge in [-0.1, -0.05) is 158 Å². The molecule has 2 atom stereocenters. The Bertz CT molecular complexity index is 3030. The molecule has 7 aromatic carbocycles. The molecule has 0 radical (unpaired) electrons. The minimum absolute atomic E-state index is 0.189. The van der Waals surface area contributed by atoms with Gasteiger partial charge in [-0.3, -0.25) is 0 Å². The molecular weight excluding hydrogens is 675 g/mol. The summed E-state index contributed by atoms with van der Waals surface area (Å²) in [7, 11) is 0. The first kappa shape index (κ1) is 31.4. The molecule has 55 heavy (non-hydrogen) atoms. The standard InChI is InChI=1S/C50H33N3O2/c1-50-40-22-7-8-24-42(40)54-44(50)26-12-23-41(50)49-52-47(34-29-27-33(28-30-34)36-18-9-16-31-15-5-6-17-35(31)36)51-48(53-49)39-21-11-25-43-45(39)38-20-10-19-37(46(38)55-43)32-13-3-2-4-14-32/h2-30,44H,1H3. The van der Waals surface area contributed by atoms with Crippen molar-refractivity contribution in [3.05, 3.63) is 187 Å². The van der Waals surface area contributed by atoms with E-state index in [1.807, 2.05) is 30.3 Å². The van der Waals surface area contributed by atoms with Crippen LogP contribution in [0.1, 0.15) is 18.3 Å². The zero-order chi connectivity index (χ0) is 36.5. The van der Waals surface area contributed by atoms with Crippen molar-refractivity contribution >= 4 is 38.3 Å². The summed E-state index contributed by atoms with van der Waals surface area (Å²) in [4.78, 5) is 15.8. The number of para-hydroxylation sites is 2. The maximum absolute atomic E-state index is 6.65. The van der Waals surface area contributed by atoms with Gasteiger partial charge in [0, 0.05) is 38.6 Å². The van der Waals surface area contributed by atoms with E-state index in [2.05, 4.69) is 153 Å². The average Bonchev–Trinajstić information content (AvgIpc) is 3.79. The molecule has 0 spiro atoms. The monoisotopic (exact) mass is 707 g/mol. The molecule has 1 aliphatic carbocycles. The molecule has 5 heteroatoms. The number of aromatic nitrogens is 3. The molecular formula is C50H33N3O2. The minimum atomic E-state index is -0.502. The third-order valence-corrected chi connectivity index (χ3v) is 11.3. The Morgan fingerprint density at radius 3 is 2.09 bits per heavy atom. The van der Waals surface area contributed by atoms with Crippen LogP contribution in [0, 0.1) is 0 Å². The molecule has 0 fully saturated rings. The zero-order valence-electron chi connectivity index (χ0n) is 30.0. The Kier molecular flexibility index (Phi) is 6.98. The van der Waals surface area contributed by atoms with E-state index in [0.717, 1.165) is 66.6 Å². The highest BCUT2D eigenvalue weighted by molar-refractivity contribution is 6.15. The Morgan fingerprint density at radius 1 is 0.527 bits per heavy atom. The SMILES string of the molecule is CC12C(c3nc(-c4ccc(-c5cccc6ccccc56)cc4)nc(-c4cccc5oc6c(-c7ccccc7)cccc6c45)n3)=CC=CC1Oc1ccccc12. The van der Waals surface area contributed by atoms with E-state index in [9.17, 15) is 0 Å². The highest BCUT2D eigenvalue weighted by Gasteiger charge is 2.49. The summed E-state index contributed by atoms with van der Waals surface area (Å²) in [6.45, 7) is 2.23. The van der Waals surface area contributed by atoms with Gasteiger partial charge >= 0.3 is 0 Å². The van der Waals surface area contributed by atoms with Gasteiger partial charge in [-0.2, -0.15) is 0 Å². The number of fused-ring (bicyclic) bond motifs is 7. The quantitative estimate of drug-likeness (QED) is 0.178. The number of hydrogen-bond donors (Lipinski definition) is 0. The number of allylic oxidation sites excluding steroid dienone is 2. The van der Waals surface area contributed by atoms with Crippen LogP contribution in [-0.4, -0.2) is 21.1 Å². The van der Waals surface area contributed by atoms with E-state index in [0.29, 0.717) is 17.5 Å². The summed E-state index contributed by atoms with van der Waals surface area (Å²) >= 11 is 0. The van der Waals surface area contributed by atoms with Crippen molar-refractivity contribution in [1.82, 2.24) is 15.0 Å². The lowest BCUT2D eigenvalue weighted by atomic mass is 9.70. The van der Waals surface area contributed by atoms with E-state index >= 15 is 0 Å². The largest absolute Gasteiger partial charge is 0.485 e. The lowest BCUT2D eigenvalue weighted by Gasteiger charge is -2.33. The van der Waals surface area contributed by atoms with Gasteiger partial charge in [0.1, 0.15) is 23.0 Å². The van der Waals surface area contributed by atoms with E-state index in [-0.39, 0.29) is 6.10 Å². The van der Waals surface area contributed by atoms with Gasteiger partial charge in [0.15, 0.2) is 17.5 Å². The van der Waals surface area contributed by atoms with Crippen molar-refractivity contribution in [1.29, 1.82) is 0 Å². The maximum atomic E-state index is 6.65. The summed E-state index contributed by atoms with van der Waals surface area (Å²) < 4.78 is 13.2. The molecule has 0 bridgehead atoms. The highest BCUT2D eigenvalue weighted by atomic mass is 16.5. The number of ether oxygens (including phenoxy) is 1. The second-order valence-electron chi connectivity index (χ2n) is 14.4. The van der Waals surface area contributed by atoms with Crippen LogP contribution in [0.25, 0.3) is 83.3 Å². The minimum Gasteiger partial charge on any atom is -0.485 e. The van der Waals surface area contributed by atoms with Gasteiger partial charge in [0.05, 0.1) is 5.41 Å². The third-order valence-electron chi connectivity index (χ3n) is 11.3. The number of furan rings is 1. The van der Waals surface area contributed by atoms with Gasteiger partial charge in [-0.05, 0) is 52.6 Å². The molecule has 0 saturated carbocycles. The molecule has 5 nitrogen and oxygen atoms in total. The predicted octanol–water partition coefficient (Wildman–Crippen LogP) is 12.3. The molecule has 2 aromatic heterocycles. The number of benzene rings is 7. The molecule has 0 N–H and O–H groups in total. The Morgan fingerprint density at radius 2 is 1.18 bits per heavy atom. The summed E-state index contributed by atoms with van der Waals surface area (Å²) in [5, 5.41) is 4.42. The number of rotatable bonds is 5. The Balaban J connectivity index is 1.12. The Hall–Kier alpha value is -7.11. The smallest absolute Gasteiger partial charge is 0.164 e. The van der Waals surface area contributed by atoms with Crippen molar-refractivity contribution in [3.63, 3.8) is 0 Å². The summed E-state index contributed by atoms with van der Waals surface area (Å²) in [5.41, 5.74) is 9.48. The maximum Gasteiger partial charge on any atom is 0.164 e.